The summed E-state index contributed by atoms with van der Waals surface area (Å²) in [6.45, 7) is 3.90. The van der Waals surface area contributed by atoms with Crippen LogP contribution in [0.5, 0.6) is 0 Å². The Bertz CT molecular complexity index is 882. The van der Waals surface area contributed by atoms with E-state index in [0.29, 0.717) is 18.7 Å². The second-order valence-corrected chi connectivity index (χ2v) is 7.31. The van der Waals surface area contributed by atoms with Gasteiger partial charge in [0.1, 0.15) is 0 Å². The molecule has 6 nitrogen and oxygen atoms in total. The number of nitrogens with zero attached hydrogens (tertiary/aromatic N) is 3. The van der Waals surface area contributed by atoms with E-state index in [0.717, 1.165) is 36.2 Å². The first-order valence-corrected chi connectivity index (χ1v) is 9.34. The number of ether oxygens (including phenoxy) is 1. The molecule has 1 aliphatic rings. The first-order chi connectivity index (χ1) is 12.2. The highest BCUT2D eigenvalue weighted by atomic mass is 32.1. The number of fused-ring (bicyclic) bond motifs is 1. The zero-order valence-corrected chi connectivity index (χ0v) is 14.9. The van der Waals surface area contributed by atoms with E-state index in [2.05, 4.69) is 21.5 Å². The van der Waals surface area contributed by atoms with Crippen molar-refractivity contribution < 1.29 is 9.53 Å². The normalized spacial score (nSPS) is 17.2. The molecule has 4 heterocycles. The maximum atomic E-state index is 12.7. The SMILES string of the molecule is Cc1cc(C(=O)NC[C@H]2CCCO2)c2cnn(Cc3cccs3)c2n1. The molecule has 3 aromatic heterocycles. The van der Waals surface area contributed by atoms with Gasteiger partial charge in [-0.05, 0) is 37.3 Å². The Morgan fingerprint density at radius 2 is 2.44 bits per heavy atom. The van der Waals surface area contributed by atoms with Crippen LogP contribution >= 0.6 is 11.3 Å². The number of hydrogen-bond donors (Lipinski definition) is 1. The van der Waals surface area contributed by atoms with E-state index in [1.807, 2.05) is 29.1 Å². The van der Waals surface area contributed by atoms with Gasteiger partial charge in [0.25, 0.3) is 5.91 Å². The third-order valence-corrected chi connectivity index (χ3v) is 5.24. The van der Waals surface area contributed by atoms with Crippen LogP contribution in [0, 0.1) is 6.92 Å². The van der Waals surface area contributed by atoms with Crippen LogP contribution in [0.15, 0.2) is 29.8 Å². The van der Waals surface area contributed by atoms with Gasteiger partial charge < -0.3 is 10.1 Å². The molecule has 3 aromatic rings. The van der Waals surface area contributed by atoms with Crippen molar-refractivity contribution >= 4 is 28.3 Å². The van der Waals surface area contributed by atoms with Gasteiger partial charge in [0.05, 0.1) is 29.8 Å². The van der Waals surface area contributed by atoms with Gasteiger partial charge in [-0.25, -0.2) is 9.67 Å². The zero-order valence-electron chi connectivity index (χ0n) is 14.1. The maximum Gasteiger partial charge on any atom is 0.252 e. The van der Waals surface area contributed by atoms with E-state index in [-0.39, 0.29) is 12.0 Å². The molecule has 1 amide bonds. The summed E-state index contributed by atoms with van der Waals surface area (Å²) in [5, 5.41) is 10.3. The van der Waals surface area contributed by atoms with Crippen LogP contribution in [0.1, 0.15) is 33.8 Å². The van der Waals surface area contributed by atoms with Gasteiger partial charge in [0.2, 0.25) is 0 Å². The molecule has 7 heteroatoms. The molecule has 0 spiro atoms. The number of rotatable bonds is 5. The fourth-order valence-corrected chi connectivity index (χ4v) is 3.82. The summed E-state index contributed by atoms with van der Waals surface area (Å²) >= 11 is 1.68. The minimum Gasteiger partial charge on any atom is -0.376 e. The molecule has 1 fully saturated rings. The van der Waals surface area contributed by atoms with Gasteiger partial charge in [0, 0.05) is 23.7 Å². The third-order valence-electron chi connectivity index (χ3n) is 4.38. The maximum absolute atomic E-state index is 12.7. The quantitative estimate of drug-likeness (QED) is 0.763. The van der Waals surface area contributed by atoms with Gasteiger partial charge in [-0.15, -0.1) is 11.3 Å². The second kappa shape index (κ2) is 6.93. The molecule has 4 rings (SSSR count). The molecule has 0 aromatic carbocycles. The lowest BCUT2D eigenvalue weighted by Crippen LogP contribution is -2.32. The van der Waals surface area contributed by atoms with Crippen molar-refractivity contribution in [3.05, 3.63) is 45.9 Å². The number of carbonyl (C=O) groups excluding carboxylic acids is 1. The predicted octanol–water partition coefficient (Wildman–Crippen LogP) is 2.76. The number of hydrogen-bond acceptors (Lipinski definition) is 5. The molecule has 0 unspecified atom stereocenters. The van der Waals surface area contributed by atoms with E-state index in [1.165, 1.54) is 4.88 Å². The second-order valence-electron chi connectivity index (χ2n) is 6.28. The number of carbonyl (C=O) groups is 1. The summed E-state index contributed by atoms with van der Waals surface area (Å²) in [4.78, 5) is 18.5. The van der Waals surface area contributed by atoms with Crippen molar-refractivity contribution in [2.75, 3.05) is 13.2 Å². The Balaban J connectivity index is 1.60. The van der Waals surface area contributed by atoms with Crippen molar-refractivity contribution in [2.45, 2.75) is 32.4 Å². The molecule has 0 aliphatic carbocycles. The highest BCUT2D eigenvalue weighted by Crippen LogP contribution is 2.20. The molecule has 0 bridgehead atoms. The Hall–Kier alpha value is -2.25. The molecule has 1 atom stereocenters. The Morgan fingerprint density at radius 3 is 3.20 bits per heavy atom. The number of thiophene rings is 1. The van der Waals surface area contributed by atoms with Crippen molar-refractivity contribution in [3.8, 4) is 0 Å². The largest absolute Gasteiger partial charge is 0.376 e. The average Bonchev–Trinajstić information content (AvgIpc) is 3.35. The number of aryl methyl sites for hydroxylation is 1. The minimum atomic E-state index is -0.0957. The van der Waals surface area contributed by atoms with Crippen LogP contribution in [0.3, 0.4) is 0 Å². The summed E-state index contributed by atoms with van der Waals surface area (Å²) in [6.07, 6.45) is 3.93. The molecule has 0 saturated carbocycles. The smallest absolute Gasteiger partial charge is 0.252 e. The van der Waals surface area contributed by atoms with Crippen LogP contribution in [-0.4, -0.2) is 39.9 Å². The molecule has 1 aliphatic heterocycles. The van der Waals surface area contributed by atoms with Crippen LogP contribution in [0.25, 0.3) is 11.0 Å². The highest BCUT2D eigenvalue weighted by molar-refractivity contribution is 7.09. The zero-order chi connectivity index (χ0) is 17.2. The topological polar surface area (TPSA) is 69.0 Å². The van der Waals surface area contributed by atoms with Crippen molar-refractivity contribution in [1.82, 2.24) is 20.1 Å². The molecule has 1 N–H and O–H groups in total. The molecule has 0 radical (unpaired) electrons. The van der Waals surface area contributed by atoms with Gasteiger partial charge in [-0.1, -0.05) is 6.07 Å². The van der Waals surface area contributed by atoms with Crippen molar-refractivity contribution in [3.63, 3.8) is 0 Å². The molecule has 25 heavy (non-hydrogen) atoms. The molecular formula is C18H20N4O2S. The summed E-state index contributed by atoms with van der Waals surface area (Å²) in [6, 6.07) is 5.92. The van der Waals surface area contributed by atoms with Crippen LogP contribution in [0.4, 0.5) is 0 Å². The van der Waals surface area contributed by atoms with E-state index in [4.69, 9.17) is 4.74 Å². The minimum absolute atomic E-state index is 0.0957. The monoisotopic (exact) mass is 356 g/mol. The van der Waals surface area contributed by atoms with Gasteiger partial charge in [-0.2, -0.15) is 5.10 Å². The number of nitrogens with one attached hydrogen (secondary N) is 1. The van der Waals surface area contributed by atoms with E-state index in [1.54, 1.807) is 17.5 Å². The lowest BCUT2D eigenvalue weighted by Gasteiger charge is -2.11. The molecule has 1 saturated heterocycles. The third kappa shape index (κ3) is 3.43. The Labute approximate surface area is 149 Å². The number of aromatic nitrogens is 3. The van der Waals surface area contributed by atoms with E-state index in [9.17, 15) is 4.79 Å². The molecular weight excluding hydrogens is 336 g/mol. The number of pyridine rings is 1. The summed E-state index contributed by atoms with van der Waals surface area (Å²) in [5.74, 6) is -0.0957. The van der Waals surface area contributed by atoms with E-state index >= 15 is 0 Å². The van der Waals surface area contributed by atoms with Crippen molar-refractivity contribution in [2.24, 2.45) is 0 Å². The summed E-state index contributed by atoms with van der Waals surface area (Å²) in [7, 11) is 0. The fraction of sp³-hybridized carbons (Fsp3) is 0.389. The predicted molar refractivity (Wildman–Crippen MR) is 97.0 cm³/mol. The highest BCUT2D eigenvalue weighted by Gasteiger charge is 2.19. The van der Waals surface area contributed by atoms with Crippen LogP contribution in [-0.2, 0) is 11.3 Å². The average molecular weight is 356 g/mol. The Kier molecular flexibility index (Phi) is 4.50. The van der Waals surface area contributed by atoms with Crippen molar-refractivity contribution in [1.29, 1.82) is 0 Å². The van der Waals surface area contributed by atoms with Crippen LogP contribution in [0.2, 0.25) is 0 Å². The summed E-state index contributed by atoms with van der Waals surface area (Å²) in [5.41, 5.74) is 2.18. The standard InChI is InChI=1S/C18H20N4O2S/c1-12-8-15(18(23)19-9-13-4-2-6-24-13)16-10-20-22(17(16)21-12)11-14-5-3-7-25-14/h3,5,7-8,10,13H,2,4,6,9,11H2,1H3,(H,19,23)/t13-/m1/s1. The van der Waals surface area contributed by atoms with Gasteiger partial charge in [-0.3, -0.25) is 4.79 Å². The fourth-order valence-electron chi connectivity index (χ4n) is 3.13. The first-order valence-electron chi connectivity index (χ1n) is 8.46. The number of amides is 1. The molecule has 130 valence electrons. The summed E-state index contributed by atoms with van der Waals surface area (Å²) < 4.78 is 7.42. The first kappa shape index (κ1) is 16.2. The Morgan fingerprint density at radius 1 is 1.52 bits per heavy atom. The lowest BCUT2D eigenvalue weighted by atomic mass is 10.1. The van der Waals surface area contributed by atoms with E-state index < -0.39 is 0 Å². The van der Waals surface area contributed by atoms with Crippen LogP contribution < -0.4 is 5.32 Å². The van der Waals surface area contributed by atoms with Gasteiger partial charge in [0.15, 0.2) is 5.65 Å². The lowest BCUT2D eigenvalue weighted by molar-refractivity contribution is 0.0859. The van der Waals surface area contributed by atoms with Gasteiger partial charge >= 0.3 is 0 Å².